The van der Waals surface area contributed by atoms with Gasteiger partial charge in [0.15, 0.2) is 0 Å². The van der Waals surface area contributed by atoms with E-state index in [-0.39, 0.29) is 12.1 Å². The Morgan fingerprint density at radius 2 is 2.48 bits per heavy atom. The van der Waals surface area contributed by atoms with Crippen molar-refractivity contribution in [2.24, 2.45) is 0 Å². The molecule has 0 bridgehead atoms. The summed E-state index contributed by atoms with van der Waals surface area (Å²) in [5.41, 5.74) is 2.12. The molecule has 2 amide bonds. The molecule has 23 heavy (non-hydrogen) atoms. The summed E-state index contributed by atoms with van der Waals surface area (Å²) >= 11 is 1.72. The molecule has 1 atom stereocenters. The number of amides is 2. The Balaban J connectivity index is 1.35. The van der Waals surface area contributed by atoms with E-state index < -0.39 is 0 Å². The molecule has 7 heteroatoms. The first-order chi connectivity index (χ1) is 11.3. The topological polar surface area (TPSA) is 59.4 Å². The van der Waals surface area contributed by atoms with Crippen LogP contribution in [0.5, 0.6) is 0 Å². The molecule has 0 spiro atoms. The van der Waals surface area contributed by atoms with Crippen LogP contribution in [0.15, 0.2) is 23.8 Å². The van der Waals surface area contributed by atoms with Crippen LogP contribution in [0.25, 0.3) is 0 Å². The molecule has 2 aliphatic rings. The number of hydrogen-bond donors (Lipinski definition) is 1. The standard InChI is InChI=1S/C16H20N4O2S/c21-16(19-5-3-12-4-7-23-15(12)11-19)18-13-8-17-20(9-13)10-14-2-1-6-22-14/h4,7-9,14H,1-3,5-6,10-11H2,(H,18,21). The molecule has 0 aliphatic carbocycles. The molecular formula is C16H20N4O2S. The van der Waals surface area contributed by atoms with Gasteiger partial charge in [0, 0.05) is 24.2 Å². The number of fused-ring (bicyclic) bond motifs is 1. The van der Waals surface area contributed by atoms with E-state index in [0.717, 1.165) is 44.6 Å². The van der Waals surface area contributed by atoms with Gasteiger partial charge < -0.3 is 15.0 Å². The van der Waals surface area contributed by atoms with Crippen LogP contribution in [0.2, 0.25) is 0 Å². The predicted octanol–water partition coefficient (Wildman–Crippen LogP) is 2.71. The highest BCUT2D eigenvalue weighted by molar-refractivity contribution is 7.10. The van der Waals surface area contributed by atoms with Crippen LogP contribution >= 0.6 is 11.3 Å². The van der Waals surface area contributed by atoms with Gasteiger partial charge in [-0.3, -0.25) is 4.68 Å². The van der Waals surface area contributed by atoms with Gasteiger partial charge in [-0.2, -0.15) is 5.10 Å². The Kier molecular flexibility index (Phi) is 4.05. The van der Waals surface area contributed by atoms with Crippen molar-refractivity contribution >= 4 is 23.1 Å². The Hall–Kier alpha value is -1.86. The van der Waals surface area contributed by atoms with E-state index in [1.807, 2.05) is 15.8 Å². The lowest BCUT2D eigenvalue weighted by molar-refractivity contribution is 0.0940. The Morgan fingerprint density at radius 3 is 3.35 bits per heavy atom. The second-order valence-corrected chi connectivity index (χ2v) is 7.06. The summed E-state index contributed by atoms with van der Waals surface area (Å²) < 4.78 is 7.46. The molecule has 0 aromatic carbocycles. The van der Waals surface area contributed by atoms with Crippen LogP contribution in [0.4, 0.5) is 10.5 Å². The number of carbonyl (C=O) groups excluding carboxylic acids is 1. The summed E-state index contributed by atoms with van der Waals surface area (Å²) in [5, 5.41) is 9.36. The van der Waals surface area contributed by atoms with E-state index in [2.05, 4.69) is 21.9 Å². The molecule has 1 saturated heterocycles. The van der Waals surface area contributed by atoms with E-state index in [1.54, 1.807) is 17.5 Å². The van der Waals surface area contributed by atoms with Gasteiger partial charge in [-0.25, -0.2) is 4.79 Å². The van der Waals surface area contributed by atoms with Gasteiger partial charge in [-0.1, -0.05) is 0 Å². The van der Waals surface area contributed by atoms with Crippen molar-refractivity contribution in [1.82, 2.24) is 14.7 Å². The molecule has 1 unspecified atom stereocenters. The molecule has 1 N–H and O–H groups in total. The molecule has 122 valence electrons. The highest BCUT2D eigenvalue weighted by atomic mass is 32.1. The maximum absolute atomic E-state index is 12.4. The predicted molar refractivity (Wildman–Crippen MR) is 88.7 cm³/mol. The zero-order valence-electron chi connectivity index (χ0n) is 12.9. The van der Waals surface area contributed by atoms with Crippen LogP contribution in [-0.2, 0) is 24.2 Å². The van der Waals surface area contributed by atoms with Gasteiger partial charge >= 0.3 is 6.03 Å². The lowest BCUT2D eigenvalue weighted by Crippen LogP contribution is -2.38. The highest BCUT2D eigenvalue weighted by Crippen LogP contribution is 2.24. The normalized spacial score (nSPS) is 20.5. The SMILES string of the molecule is O=C(Nc1cnn(CC2CCCO2)c1)N1CCc2ccsc2C1. The van der Waals surface area contributed by atoms with Crippen LogP contribution in [0.3, 0.4) is 0 Å². The molecular weight excluding hydrogens is 312 g/mol. The first-order valence-corrected chi connectivity index (χ1v) is 8.91. The van der Waals surface area contributed by atoms with Crippen molar-refractivity contribution in [1.29, 1.82) is 0 Å². The number of anilines is 1. The first kappa shape index (κ1) is 14.7. The van der Waals surface area contributed by atoms with Crippen molar-refractivity contribution in [2.45, 2.75) is 38.5 Å². The molecule has 4 rings (SSSR count). The van der Waals surface area contributed by atoms with Crippen LogP contribution in [0, 0.1) is 0 Å². The number of aromatic nitrogens is 2. The molecule has 0 saturated carbocycles. The van der Waals surface area contributed by atoms with E-state index in [4.69, 9.17) is 4.74 Å². The second kappa shape index (κ2) is 6.33. The number of nitrogens with zero attached hydrogens (tertiary/aromatic N) is 3. The fourth-order valence-corrected chi connectivity index (χ4v) is 4.09. The minimum absolute atomic E-state index is 0.0549. The summed E-state index contributed by atoms with van der Waals surface area (Å²) in [6, 6.07) is 2.10. The number of urea groups is 1. The molecule has 2 aromatic heterocycles. The highest BCUT2D eigenvalue weighted by Gasteiger charge is 2.22. The number of rotatable bonds is 3. The Labute approximate surface area is 139 Å². The number of ether oxygens (including phenoxy) is 1. The molecule has 1 fully saturated rings. The zero-order valence-corrected chi connectivity index (χ0v) is 13.7. The Morgan fingerprint density at radius 1 is 1.52 bits per heavy atom. The minimum Gasteiger partial charge on any atom is -0.376 e. The van der Waals surface area contributed by atoms with Crippen molar-refractivity contribution < 1.29 is 9.53 Å². The van der Waals surface area contributed by atoms with Crippen molar-refractivity contribution in [3.05, 3.63) is 34.3 Å². The number of hydrogen-bond acceptors (Lipinski definition) is 4. The van der Waals surface area contributed by atoms with Crippen molar-refractivity contribution in [2.75, 3.05) is 18.5 Å². The minimum atomic E-state index is -0.0549. The van der Waals surface area contributed by atoms with Gasteiger partial charge in [0.1, 0.15) is 0 Å². The third-order valence-corrected chi connectivity index (χ3v) is 5.36. The average molecular weight is 332 g/mol. The molecule has 6 nitrogen and oxygen atoms in total. The molecule has 4 heterocycles. The van der Waals surface area contributed by atoms with Gasteiger partial charge in [-0.05, 0) is 36.3 Å². The maximum atomic E-state index is 12.4. The Bertz CT molecular complexity index is 690. The summed E-state index contributed by atoms with van der Waals surface area (Å²) in [7, 11) is 0. The number of thiophene rings is 1. The number of nitrogens with one attached hydrogen (secondary N) is 1. The van der Waals surface area contributed by atoms with Crippen LogP contribution in [-0.4, -0.2) is 40.0 Å². The largest absolute Gasteiger partial charge is 0.376 e. The summed E-state index contributed by atoms with van der Waals surface area (Å²) in [5.74, 6) is 0. The average Bonchev–Trinajstić information content (AvgIpc) is 3.28. The zero-order chi connectivity index (χ0) is 15.6. The molecule has 0 radical (unpaired) electrons. The fourth-order valence-electron chi connectivity index (χ4n) is 3.14. The summed E-state index contributed by atoms with van der Waals surface area (Å²) in [6.45, 7) is 3.05. The van der Waals surface area contributed by atoms with Crippen molar-refractivity contribution in [3.8, 4) is 0 Å². The molecule has 2 aromatic rings. The van der Waals surface area contributed by atoms with E-state index in [1.165, 1.54) is 10.4 Å². The van der Waals surface area contributed by atoms with Gasteiger partial charge in [-0.15, -0.1) is 11.3 Å². The second-order valence-electron chi connectivity index (χ2n) is 6.06. The lowest BCUT2D eigenvalue weighted by atomic mass is 10.1. The van der Waals surface area contributed by atoms with Gasteiger partial charge in [0.2, 0.25) is 0 Å². The van der Waals surface area contributed by atoms with Gasteiger partial charge in [0.05, 0.1) is 31.1 Å². The first-order valence-electron chi connectivity index (χ1n) is 8.03. The maximum Gasteiger partial charge on any atom is 0.322 e. The monoisotopic (exact) mass is 332 g/mol. The van der Waals surface area contributed by atoms with Gasteiger partial charge in [0.25, 0.3) is 0 Å². The molecule has 2 aliphatic heterocycles. The third-order valence-electron chi connectivity index (χ3n) is 4.41. The summed E-state index contributed by atoms with van der Waals surface area (Å²) in [4.78, 5) is 15.6. The van der Waals surface area contributed by atoms with E-state index in [9.17, 15) is 4.79 Å². The van der Waals surface area contributed by atoms with Crippen molar-refractivity contribution in [3.63, 3.8) is 0 Å². The quantitative estimate of drug-likeness (QED) is 0.940. The van der Waals surface area contributed by atoms with E-state index in [0.29, 0.717) is 6.54 Å². The third kappa shape index (κ3) is 3.25. The lowest BCUT2D eigenvalue weighted by Gasteiger charge is -2.26. The smallest absolute Gasteiger partial charge is 0.322 e. The fraction of sp³-hybridized carbons (Fsp3) is 0.500. The van der Waals surface area contributed by atoms with Crippen LogP contribution < -0.4 is 5.32 Å². The number of carbonyl (C=O) groups is 1. The van der Waals surface area contributed by atoms with Crippen LogP contribution in [0.1, 0.15) is 23.3 Å². The van der Waals surface area contributed by atoms with E-state index >= 15 is 0 Å². The summed E-state index contributed by atoms with van der Waals surface area (Å²) in [6.07, 6.45) is 6.96.